The number of aromatic nitrogens is 2. The number of nitrogens with zero attached hydrogens (tertiary/aromatic N) is 4. The Hall–Kier alpha value is -2.99. The molecule has 0 saturated carbocycles. The van der Waals surface area contributed by atoms with Crippen molar-refractivity contribution in [3.63, 3.8) is 0 Å². The topological polar surface area (TPSA) is 50.7 Å². The highest BCUT2D eigenvalue weighted by Gasteiger charge is 2.21. The molecule has 1 aromatic heterocycles. The van der Waals surface area contributed by atoms with Crippen molar-refractivity contribution in [3.8, 4) is 22.8 Å². The zero-order valence-corrected chi connectivity index (χ0v) is 17.3. The van der Waals surface area contributed by atoms with E-state index in [2.05, 4.69) is 20.9 Å². The molecule has 0 amide bonds. The number of rotatable bonds is 5. The Morgan fingerprint density at radius 2 is 1.59 bits per heavy atom. The van der Waals surface area contributed by atoms with E-state index in [0.29, 0.717) is 5.02 Å². The van der Waals surface area contributed by atoms with Crippen LogP contribution in [0, 0.1) is 0 Å². The van der Waals surface area contributed by atoms with E-state index in [1.165, 1.54) is 0 Å². The molecular formula is C22H23ClN4O2. The summed E-state index contributed by atoms with van der Waals surface area (Å²) in [5.74, 6) is 2.47. The van der Waals surface area contributed by atoms with Crippen molar-refractivity contribution in [2.45, 2.75) is 0 Å². The molecule has 0 N–H and O–H groups in total. The molecule has 2 aromatic carbocycles. The maximum atomic E-state index is 6.18. The minimum atomic E-state index is 0.637. The molecule has 1 saturated heterocycles. The third-order valence-electron chi connectivity index (χ3n) is 5.09. The fourth-order valence-electron chi connectivity index (χ4n) is 3.59. The highest BCUT2D eigenvalue weighted by molar-refractivity contribution is 6.30. The van der Waals surface area contributed by atoms with Gasteiger partial charge in [-0.2, -0.15) is 0 Å². The summed E-state index contributed by atoms with van der Waals surface area (Å²) in [6, 6.07) is 13.6. The van der Waals surface area contributed by atoms with E-state index in [1.807, 2.05) is 30.3 Å². The first-order valence-corrected chi connectivity index (χ1v) is 9.86. The van der Waals surface area contributed by atoms with Gasteiger partial charge in [0.1, 0.15) is 17.3 Å². The summed E-state index contributed by atoms with van der Waals surface area (Å²) >= 11 is 6.18. The van der Waals surface area contributed by atoms with Crippen LogP contribution in [0.1, 0.15) is 0 Å². The molecule has 0 spiro atoms. The van der Waals surface area contributed by atoms with Crippen LogP contribution in [0.3, 0.4) is 0 Å². The van der Waals surface area contributed by atoms with Crippen LogP contribution in [0.15, 0.2) is 54.9 Å². The average Bonchev–Trinajstić information content (AvgIpc) is 2.79. The van der Waals surface area contributed by atoms with Crippen LogP contribution in [0.2, 0.25) is 5.02 Å². The molecular weight excluding hydrogens is 388 g/mol. The van der Waals surface area contributed by atoms with Crippen molar-refractivity contribution in [1.82, 2.24) is 9.97 Å². The normalized spacial score (nSPS) is 14.0. The third kappa shape index (κ3) is 4.07. The first-order chi connectivity index (χ1) is 14.2. The Morgan fingerprint density at radius 3 is 2.34 bits per heavy atom. The van der Waals surface area contributed by atoms with Crippen LogP contribution in [0.4, 0.5) is 11.5 Å². The van der Waals surface area contributed by atoms with Gasteiger partial charge in [0.2, 0.25) is 0 Å². The van der Waals surface area contributed by atoms with Gasteiger partial charge in [0.15, 0.2) is 0 Å². The molecule has 4 rings (SSSR count). The van der Waals surface area contributed by atoms with Gasteiger partial charge in [-0.3, -0.25) is 4.98 Å². The van der Waals surface area contributed by atoms with Crippen LogP contribution in [0.5, 0.6) is 11.5 Å². The molecule has 1 aliphatic rings. The Morgan fingerprint density at radius 1 is 0.862 bits per heavy atom. The second-order valence-corrected chi connectivity index (χ2v) is 7.19. The summed E-state index contributed by atoms with van der Waals surface area (Å²) in [5, 5.41) is 0.637. The van der Waals surface area contributed by atoms with Crippen molar-refractivity contribution in [1.29, 1.82) is 0 Å². The monoisotopic (exact) mass is 410 g/mol. The number of halogens is 1. The van der Waals surface area contributed by atoms with Gasteiger partial charge in [-0.1, -0.05) is 23.7 Å². The highest BCUT2D eigenvalue weighted by atomic mass is 35.5. The molecule has 0 aliphatic carbocycles. The van der Waals surface area contributed by atoms with E-state index in [1.54, 1.807) is 32.7 Å². The summed E-state index contributed by atoms with van der Waals surface area (Å²) in [5.41, 5.74) is 2.70. The Bertz CT molecular complexity index is 990. The standard InChI is InChI=1S/C22H23ClN4O2/c1-28-20-8-7-16(23)13-17(20)18-14-24-15-22(25-18)27-11-9-26(10-12-27)19-5-3-4-6-21(19)29-2/h3-8,13-15H,9-12H2,1-2H3. The lowest BCUT2D eigenvalue weighted by Crippen LogP contribution is -2.47. The Kier molecular flexibility index (Phi) is 5.71. The summed E-state index contributed by atoms with van der Waals surface area (Å²) in [6.45, 7) is 3.46. The van der Waals surface area contributed by atoms with Gasteiger partial charge in [-0.15, -0.1) is 0 Å². The van der Waals surface area contributed by atoms with Crippen LogP contribution in [0.25, 0.3) is 11.3 Å². The second kappa shape index (κ2) is 8.57. The molecule has 0 radical (unpaired) electrons. The zero-order chi connectivity index (χ0) is 20.2. The van der Waals surface area contributed by atoms with Gasteiger partial charge >= 0.3 is 0 Å². The van der Waals surface area contributed by atoms with Crippen LogP contribution < -0.4 is 19.3 Å². The number of hydrogen-bond donors (Lipinski definition) is 0. The first-order valence-electron chi connectivity index (χ1n) is 9.48. The smallest absolute Gasteiger partial charge is 0.147 e. The molecule has 1 fully saturated rings. The highest BCUT2D eigenvalue weighted by Crippen LogP contribution is 2.32. The molecule has 7 heteroatoms. The Balaban J connectivity index is 1.53. The average molecular weight is 411 g/mol. The lowest BCUT2D eigenvalue weighted by atomic mass is 10.1. The summed E-state index contributed by atoms with van der Waals surface area (Å²) in [7, 11) is 3.35. The number of para-hydroxylation sites is 2. The van der Waals surface area contributed by atoms with E-state index in [-0.39, 0.29) is 0 Å². The molecule has 0 bridgehead atoms. The lowest BCUT2D eigenvalue weighted by Gasteiger charge is -2.37. The third-order valence-corrected chi connectivity index (χ3v) is 5.32. The van der Waals surface area contributed by atoms with E-state index >= 15 is 0 Å². The minimum absolute atomic E-state index is 0.637. The zero-order valence-electron chi connectivity index (χ0n) is 16.5. The van der Waals surface area contributed by atoms with Gasteiger partial charge < -0.3 is 19.3 Å². The second-order valence-electron chi connectivity index (χ2n) is 6.75. The number of ether oxygens (including phenoxy) is 2. The maximum absolute atomic E-state index is 6.18. The number of hydrogen-bond acceptors (Lipinski definition) is 6. The molecule has 0 atom stereocenters. The number of anilines is 2. The lowest BCUT2D eigenvalue weighted by molar-refractivity contribution is 0.413. The molecule has 150 valence electrons. The summed E-state index contributed by atoms with van der Waals surface area (Å²) in [4.78, 5) is 13.8. The quantitative estimate of drug-likeness (QED) is 0.630. The SMILES string of the molecule is COc1ccc(Cl)cc1-c1cncc(N2CCN(c3ccccc3OC)CC2)n1. The first kappa shape index (κ1) is 19.3. The predicted octanol–water partition coefficient (Wildman–Crippen LogP) is 4.14. The van der Waals surface area contributed by atoms with Crippen molar-refractivity contribution >= 4 is 23.1 Å². The molecule has 29 heavy (non-hydrogen) atoms. The van der Waals surface area contributed by atoms with Gasteiger partial charge in [-0.25, -0.2) is 4.98 Å². The molecule has 3 aromatic rings. The molecule has 6 nitrogen and oxygen atoms in total. The van der Waals surface area contributed by atoms with Gasteiger partial charge in [0.05, 0.1) is 38.0 Å². The van der Waals surface area contributed by atoms with E-state index in [0.717, 1.165) is 60.4 Å². The van der Waals surface area contributed by atoms with Crippen LogP contribution in [-0.4, -0.2) is 50.4 Å². The molecule has 1 aliphatic heterocycles. The fourth-order valence-corrected chi connectivity index (χ4v) is 3.76. The van der Waals surface area contributed by atoms with Gasteiger partial charge in [0.25, 0.3) is 0 Å². The van der Waals surface area contributed by atoms with Gasteiger partial charge in [0, 0.05) is 36.8 Å². The predicted molar refractivity (Wildman–Crippen MR) is 116 cm³/mol. The van der Waals surface area contributed by atoms with Crippen molar-refractivity contribution in [2.75, 3.05) is 50.2 Å². The van der Waals surface area contributed by atoms with Gasteiger partial charge in [-0.05, 0) is 30.3 Å². The van der Waals surface area contributed by atoms with E-state index in [4.69, 9.17) is 26.1 Å². The molecule has 2 heterocycles. The minimum Gasteiger partial charge on any atom is -0.496 e. The maximum Gasteiger partial charge on any atom is 0.147 e. The van der Waals surface area contributed by atoms with E-state index in [9.17, 15) is 0 Å². The number of benzene rings is 2. The Labute approximate surface area is 175 Å². The summed E-state index contributed by atoms with van der Waals surface area (Å²) in [6.07, 6.45) is 3.54. The van der Waals surface area contributed by atoms with Crippen LogP contribution in [-0.2, 0) is 0 Å². The van der Waals surface area contributed by atoms with Crippen LogP contribution >= 0.6 is 11.6 Å². The molecule has 0 unspecified atom stereocenters. The number of methoxy groups -OCH3 is 2. The summed E-state index contributed by atoms with van der Waals surface area (Å²) < 4.78 is 11.0. The van der Waals surface area contributed by atoms with Crippen molar-refractivity contribution < 1.29 is 9.47 Å². The van der Waals surface area contributed by atoms with Crippen molar-refractivity contribution in [2.24, 2.45) is 0 Å². The largest absolute Gasteiger partial charge is 0.496 e. The van der Waals surface area contributed by atoms with Crippen molar-refractivity contribution in [3.05, 3.63) is 59.9 Å². The van der Waals surface area contributed by atoms with E-state index < -0.39 is 0 Å². The fraction of sp³-hybridized carbons (Fsp3) is 0.273. The number of piperazine rings is 1.